The average molecular weight is 844 g/mol. The van der Waals surface area contributed by atoms with Gasteiger partial charge in [0.25, 0.3) is 0 Å². The minimum absolute atomic E-state index is 0. The molecule has 0 saturated carbocycles. The van der Waals surface area contributed by atoms with Crippen molar-refractivity contribution in [1.82, 2.24) is 0 Å². The largest absolute Gasteiger partial charge is 0.462 e. The molecule has 0 heterocycles. The van der Waals surface area contributed by atoms with Gasteiger partial charge in [0.1, 0.15) is 21.9 Å². The number of aliphatic hydroxyl groups is 2. The van der Waals surface area contributed by atoms with Gasteiger partial charge in [-0.3, -0.25) is 14.4 Å². The molecule has 11 nitrogen and oxygen atoms in total. The zero-order chi connectivity index (χ0) is 31.0. The van der Waals surface area contributed by atoms with Gasteiger partial charge in [0.05, 0.1) is 70.4 Å². The smallest absolute Gasteiger partial charge is 0.322 e. The van der Waals surface area contributed by atoms with E-state index in [2.05, 4.69) is 63.7 Å². The minimum atomic E-state index is -0.683. The Morgan fingerprint density at radius 1 is 0.525 bits per heavy atom. The van der Waals surface area contributed by atoms with Crippen molar-refractivity contribution < 1.29 is 53.0 Å². The lowest BCUT2D eigenvalue weighted by Gasteiger charge is -2.15. The summed E-state index contributed by atoms with van der Waals surface area (Å²) in [6.07, 6.45) is 0. The lowest BCUT2D eigenvalue weighted by atomic mass is 10.2. The fourth-order valence-corrected chi connectivity index (χ4v) is 1.73. The molecular weight excluding hydrogens is 796 g/mol. The van der Waals surface area contributed by atoms with Crippen LogP contribution < -0.4 is 0 Å². The Balaban J connectivity index is -0.000000297. The summed E-state index contributed by atoms with van der Waals surface area (Å²) in [6.45, 7) is 13.9. The molecule has 2 N–H and O–H groups in total. The molecule has 0 spiro atoms. The van der Waals surface area contributed by atoms with Gasteiger partial charge in [-0.1, -0.05) is 55.2 Å². The standard InChI is InChI=1S/C14H24Br2O6.C6H14O4.C4H6Br2O.CH4/c1-13(2,15)11(17)21-9-7-19-5-6-20-8-10-22-12(18)14(3,4)16;7-1-3-9-5-6-10-4-2-8;1-4(2,6)3(5)7;/h5-10H2,1-4H3;7-8H,1-6H2;1-2H3;1H4. The maximum absolute atomic E-state index is 11.4. The normalized spacial score (nSPS) is 11.2. The molecule has 0 rings (SSSR count). The number of hydrogen-bond donors (Lipinski definition) is 2. The molecule has 0 aromatic heterocycles. The number of halogens is 4. The lowest BCUT2D eigenvalue weighted by Crippen LogP contribution is -2.28. The van der Waals surface area contributed by atoms with E-state index >= 15 is 0 Å². The van der Waals surface area contributed by atoms with Gasteiger partial charge in [-0.2, -0.15) is 0 Å². The maximum atomic E-state index is 11.4. The number of hydrogen-bond acceptors (Lipinski definition) is 11. The van der Waals surface area contributed by atoms with Gasteiger partial charge in [-0.05, 0) is 57.5 Å². The molecule has 0 aromatic rings. The third-order valence-electron chi connectivity index (χ3n) is 3.58. The summed E-state index contributed by atoms with van der Waals surface area (Å²) in [7, 11) is 0. The quantitative estimate of drug-likeness (QED) is 0.0837. The van der Waals surface area contributed by atoms with Gasteiger partial charge >= 0.3 is 11.9 Å². The molecule has 0 aliphatic carbocycles. The van der Waals surface area contributed by atoms with Crippen LogP contribution in [0.5, 0.6) is 0 Å². The molecule has 0 aromatic carbocycles. The average Bonchev–Trinajstić information content (AvgIpc) is 2.81. The van der Waals surface area contributed by atoms with E-state index in [-0.39, 0.29) is 50.5 Å². The topological polar surface area (TPSA) is 147 Å². The lowest BCUT2D eigenvalue weighted by molar-refractivity contribution is -0.148. The van der Waals surface area contributed by atoms with Crippen LogP contribution in [0.15, 0.2) is 0 Å². The first kappa shape index (κ1) is 47.2. The number of carbonyl (C=O) groups excluding carboxylic acids is 3. The third-order valence-corrected chi connectivity index (χ3v) is 6.11. The van der Waals surface area contributed by atoms with Crippen molar-refractivity contribution in [1.29, 1.82) is 0 Å². The molecule has 0 atom stereocenters. The number of esters is 2. The Morgan fingerprint density at radius 2 is 0.750 bits per heavy atom. The van der Waals surface area contributed by atoms with Crippen molar-refractivity contribution >= 4 is 80.4 Å². The van der Waals surface area contributed by atoms with Crippen LogP contribution in [0.2, 0.25) is 0 Å². The van der Waals surface area contributed by atoms with Crippen LogP contribution in [0.4, 0.5) is 0 Å². The molecule has 0 aliphatic rings. The van der Waals surface area contributed by atoms with Crippen molar-refractivity contribution in [3.63, 3.8) is 0 Å². The van der Waals surface area contributed by atoms with Crippen LogP contribution in [-0.4, -0.2) is 119 Å². The van der Waals surface area contributed by atoms with E-state index < -0.39 is 13.0 Å². The van der Waals surface area contributed by atoms with Crippen LogP contribution in [0, 0.1) is 0 Å². The minimum Gasteiger partial charge on any atom is -0.462 e. The van der Waals surface area contributed by atoms with E-state index in [1.54, 1.807) is 41.5 Å². The van der Waals surface area contributed by atoms with Crippen LogP contribution >= 0.6 is 63.7 Å². The van der Waals surface area contributed by atoms with E-state index in [9.17, 15) is 14.4 Å². The molecule has 0 radical (unpaired) electrons. The Labute approximate surface area is 273 Å². The van der Waals surface area contributed by atoms with Crippen molar-refractivity contribution in [2.24, 2.45) is 0 Å². The van der Waals surface area contributed by atoms with E-state index in [0.717, 1.165) is 0 Å². The second-order valence-corrected chi connectivity index (χ2v) is 15.5. The van der Waals surface area contributed by atoms with Gasteiger partial charge in [-0.25, -0.2) is 0 Å². The molecule has 0 saturated heterocycles. The zero-order valence-corrected chi connectivity index (χ0v) is 29.9. The molecule has 0 amide bonds. The summed E-state index contributed by atoms with van der Waals surface area (Å²) in [5.41, 5.74) is 0. The predicted octanol–water partition coefficient (Wildman–Crippen LogP) is 4.17. The number of carbonyl (C=O) groups is 3. The van der Waals surface area contributed by atoms with Crippen LogP contribution in [0.3, 0.4) is 0 Å². The van der Waals surface area contributed by atoms with Crippen molar-refractivity contribution in [3.8, 4) is 0 Å². The number of ether oxygens (including phenoxy) is 6. The Kier molecular flexibility index (Phi) is 33.2. The SMILES string of the molecule is C.CC(C)(Br)C(=O)Br.CC(C)(Br)C(=O)OCCOCCOCCOC(=O)C(C)(C)Br.OCCOCCOCCO. The molecule has 0 unspecified atom stereocenters. The molecular formula is C25H48Br4O11. The van der Waals surface area contributed by atoms with Gasteiger partial charge < -0.3 is 38.6 Å². The summed E-state index contributed by atoms with van der Waals surface area (Å²) in [5.74, 6) is -0.659. The van der Waals surface area contributed by atoms with Gasteiger partial charge in [-0.15, -0.1) is 0 Å². The Morgan fingerprint density at radius 3 is 0.950 bits per heavy atom. The summed E-state index contributed by atoms with van der Waals surface area (Å²) < 4.78 is 28.4. The van der Waals surface area contributed by atoms with Crippen molar-refractivity contribution in [3.05, 3.63) is 0 Å². The van der Waals surface area contributed by atoms with Gasteiger partial charge in [0.15, 0.2) is 0 Å². The summed E-state index contributed by atoms with van der Waals surface area (Å²) >= 11 is 12.4. The van der Waals surface area contributed by atoms with Crippen molar-refractivity contribution in [2.45, 2.75) is 61.9 Å². The highest BCUT2D eigenvalue weighted by atomic mass is 79.9. The predicted molar refractivity (Wildman–Crippen MR) is 169 cm³/mol. The van der Waals surface area contributed by atoms with E-state index in [1.165, 1.54) is 0 Å². The van der Waals surface area contributed by atoms with E-state index in [4.69, 9.17) is 38.6 Å². The van der Waals surface area contributed by atoms with Crippen molar-refractivity contribution in [2.75, 3.05) is 79.3 Å². The summed E-state index contributed by atoms with van der Waals surface area (Å²) in [4.78, 5) is 33.1. The van der Waals surface area contributed by atoms with Gasteiger partial charge in [0.2, 0.25) is 4.69 Å². The highest BCUT2D eigenvalue weighted by molar-refractivity contribution is 9.20. The molecule has 40 heavy (non-hydrogen) atoms. The van der Waals surface area contributed by atoms with Crippen LogP contribution in [0.1, 0.15) is 49.0 Å². The number of aliphatic hydroxyl groups excluding tert-OH is 2. The monoisotopic (exact) mass is 840 g/mol. The maximum Gasteiger partial charge on any atom is 0.322 e. The van der Waals surface area contributed by atoms with Gasteiger partial charge in [0, 0.05) is 0 Å². The molecule has 15 heteroatoms. The van der Waals surface area contributed by atoms with E-state index in [0.29, 0.717) is 52.9 Å². The highest BCUT2D eigenvalue weighted by Crippen LogP contribution is 2.19. The first-order valence-corrected chi connectivity index (χ1v) is 15.2. The second-order valence-electron chi connectivity index (χ2n) is 8.86. The second kappa shape index (κ2) is 28.1. The van der Waals surface area contributed by atoms with Crippen LogP contribution in [-0.2, 0) is 42.8 Å². The Hall–Kier alpha value is 0.290. The third kappa shape index (κ3) is 36.3. The fourth-order valence-electron chi connectivity index (χ4n) is 1.50. The molecule has 0 fully saturated rings. The first-order valence-electron chi connectivity index (χ1n) is 12.0. The molecule has 0 bridgehead atoms. The molecule has 242 valence electrons. The number of rotatable bonds is 19. The van der Waals surface area contributed by atoms with E-state index in [1.807, 2.05) is 0 Å². The fraction of sp³-hybridized carbons (Fsp3) is 0.880. The summed E-state index contributed by atoms with van der Waals surface area (Å²) in [5, 5.41) is 16.5. The molecule has 0 aliphatic heterocycles. The summed E-state index contributed by atoms with van der Waals surface area (Å²) in [6, 6.07) is 0. The van der Waals surface area contributed by atoms with Crippen LogP contribution in [0.25, 0.3) is 0 Å². The zero-order valence-electron chi connectivity index (χ0n) is 23.6. The Bertz CT molecular complexity index is 590. The number of alkyl halides is 3. The highest BCUT2D eigenvalue weighted by Gasteiger charge is 2.25. The first-order chi connectivity index (χ1) is 17.9.